The zero-order chi connectivity index (χ0) is 14.8. The standard InChI is InChI=1S/C14H25NO4/c1-9(2)10(11(16)17)14(7-6-8-14)15-12(18)19-13(3,4)5/h9-10H,6-8H2,1-5H3,(H,15,18)(H,16,17). The molecular formula is C14H25NO4. The normalized spacial score (nSPS) is 19.5. The second kappa shape index (κ2) is 5.39. The molecule has 0 bridgehead atoms. The van der Waals surface area contributed by atoms with Crippen LogP contribution in [0.4, 0.5) is 4.79 Å². The molecule has 1 atom stereocenters. The van der Waals surface area contributed by atoms with Crippen molar-refractivity contribution in [1.82, 2.24) is 5.32 Å². The van der Waals surface area contributed by atoms with E-state index in [1.807, 2.05) is 13.8 Å². The predicted octanol–water partition coefficient (Wildman–Crippen LogP) is 2.79. The Hall–Kier alpha value is -1.26. The molecule has 110 valence electrons. The Morgan fingerprint density at radius 2 is 1.79 bits per heavy atom. The van der Waals surface area contributed by atoms with Crippen LogP contribution < -0.4 is 5.32 Å². The van der Waals surface area contributed by atoms with Crippen LogP contribution in [0.1, 0.15) is 53.9 Å². The minimum atomic E-state index is -0.856. The summed E-state index contributed by atoms with van der Waals surface area (Å²) in [7, 11) is 0. The Balaban J connectivity index is 2.81. The van der Waals surface area contributed by atoms with Gasteiger partial charge in [-0.25, -0.2) is 4.79 Å². The molecule has 5 nitrogen and oxygen atoms in total. The molecule has 5 heteroatoms. The van der Waals surface area contributed by atoms with Crippen molar-refractivity contribution in [3.05, 3.63) is 0 Å². The van der Waals surface area contributed by atoms with Crippen molar-refractivity contribution >= 4 is 12.1 Å². The first-order chi connectivity index (χ1) is 8.57. The number of rotatable bonds is 4. The Morgan fingerprint density at radius 3 is 2.05 bits per heavy atom. The molecular weight excluding hydrogens is 246 g/mol. The van der Waals surface area contributed by atoms with Crippen molar-refractivity contribution in [2.24, 2.45) is 11.8 Å². The van der Waals surface area contributed by atoms with Gasteiger partial charge in [0.1, 0.15) is 5.60 Å². The molecule has 2 N–H and O–H groups in total. The Labute approximate surface area is 114 Å². The van der Waals surface area contributed by atoms with Crippen LogP contribution in [-0.4, -0.2) is 28.3 Å². The van der Waals surface area contributed by atoms with Gasteiger partial charge in [-0.05, 0) is 46.0 Å². The fraction of sp³-hybridized carbons (Fsp3) is 0.857. The molecule has 1 rings (SSSR count). The first kappa shape index (κ1) is 15.8. The van der Waals surface area contributed by atoms with E-state index in [4.69, 9.17) is 4.74 Å². The maximum Gasteiger partial charge on any atom is 0.408 e. The number of hydrogen-bond donors (Lipinski definition) is 2. The molecule has 1 fully saturated rings. The van der Waals surface area contributed by atoms with Gasteiger partial charge in [0.2, 0.25) is 0 Å². The zero-order valence-electron chi connectivity index (χ0n) is 12.4. The van der Waals surface area contributed by atoms with Crippen molar-refractivity contribution in [3.63, 3.8) is 0 Å². The van der Waals surface area contributed by atoms with E-state index in [2.05, 4.69) is 5.32 Å². The van der Waals surface area contributed by atoms with Crippen LogP contribution in [0.25, 0.3) is 0 Å². The molecule has 0 spiro atoms. The van der Waals surface area contributed by atoms with Crippen LogP contribution in [0.15, 0.2) is 0 Å². The summed E-state index contributed by atoms with van der Waals surface area (Å²) >= 11 is 0. The van der Waals surface area contributed by atoms with Gasteiger partial charge < -0.3 is 15.2 Å². The number of alkyl carbamates (subject to hydrolysis) is 1. The first-order valence-electron chi connectivity index (χ1n) is 6.81. The number of nitrogens with one attached hydrogen (secondary N) is 1. The summed E-state index contributed by atoms with van der Waals surface area (Å²) in [6.07, 6.45) is 1.80. The van der Waals surface area contributed by atoms with Gasteiger partial charge in [-0.15, -0.1) is 0 Å². The summed E-state index contributed by atoms with van der Waals surface area (Å²) in [5, 5.41) is 12.2. The molecule has 0 aromatic rings. The lowest BCUT2D eigenvalue weighted by Crippen LogP contribution is -2.62. The lowest BCUT2D eigenvalue weighted by atomic mass is 9.64. The minimum absolute atomic E-state index is 0.0345. The van der Waals surface area contributed by atoms with Crippen molar-refractivity contribution < 1.29 is 19.4 Å². The molecule has 0 radical (unpaired) electrons. The summed E-state index contributed by atoms with van der Waals surface area (Å²) in [6, 6.07) is 0. The number of aliphatic carboxylic acids is 1. The summed E-state index contributed by atoms with van der Waals surface area (Å²) in [6.45, 7) is 9.11. The topological polar surface area (TPSA) is 75.6 Å². The number of carbonyl (C=O) groups excluding carboxylic acids is 1. The van der Waals surface area contributed by atoms with Gasteiger partial charge in [0.15, 0.2) is 0 Å². The molecule has 1 saturated carbocycles. The highest BCUT2D eigenvalue weighted by atomic mass is 16.6. The van der Waals surface area contributed by atoms with Crippen LogP contribution in [0.5, 0.6) is 0 Å². The second-order valence-corrected chi connectivity index (χ2v) is 6.70. The molecule has 0 aromatic heterocycles. The molecule has 1 aliphatic carbocycles. The van der Waals surface area contributed by atoms with Crippen LogP contribution in [-0.2, 0) is 9.53 Å². The number of carboxylic acid groups (broad SMARTS) is 1. The van der Waals surface area contributed by atoms with E-state index in [0.717, 1.165) is 6.42 Å². The van der Waals surface area contributed by atoms with Crippen LogP contribution in [0, 0.1) is 11.8 Å². The lowest BCUT2D eigenvalue weighted by Gasteiger charge is -2.47. The molecule has 19 heavy (non-hydrogen) atoms. The molecule has 0 aromatic carbocycles. The van der Waals surface area contributed by atoms with Gasteiger partial charge in [-0.2, -0.15) is 0 Å². The average molecular weight is 271 g/mol. The highest BCUT2D eigenvalue weighted by molar-refractivity contribution is 5.75. The van der Waals surface area contributed by atoms with Crippen molar-refractivity contribution in [1.29, 1.82) is 0 Å². The van der Waals surface area contributed by atoms with Crippen LogP contribution in [0.3, 0.4) is 0 Å². The number of amides is 1. The molecule has 1 amide bonds. The van der Waals surface area contributed by atoms with Crippen molar-refractivity contribution in [2.45, 2.75) is 65.0 Å². The smallest absolute Gasteiger partial charge is 0.408 e. The molecule has 0 heterocycles. The van der Waals surface area contributed by atoms with Gasteiger partial charge in [-0.3, -0.25) is 4.79 Å². The third-order valence-electron chi connectivity index (χ3n) is 3.52. The quantitative estimate of drug-likeness (QED) is 0.824. The molecule has 1 unspecified atom stereocenters. The molecule has 0 aliphatic heterocycles. The Kier molecular flexibility index (Phi) is 4.48. The van der Waals surface area contributed by atoms with Crippen molar-refractivity contribution in [2.75, 3.05) is 0 Å². The highest BCUT2D eigenvalue weighted by Crippen LogP contribution is 2.42. The van der Waals surface area contributed by atoms with Gasteiger partial charge in [0, 0.05) is 0 Å². The monoisotopic (exact) mass is 271 g/mol. The SMILES string of the molecule is CC(C)C(C(=O)O)C1(NC(=O)OC(C)(C)C)CCC1. The van der Waals surface area contributed by atoms with E-state index >= 15 is 0 Å². The molecule has 0 saturated heterocycles. The summed E-state index contributed by atoms with van der Waals surface area (Å²) in [5.41, 5.74) is -1.23. The largest absolute Gasteiger partial charge is 0.481 e. The zero-order valence-corrected chi connectivity index (χ0v) is 12.4. The maximum atomic E-state index is 11.9. The minimum Gasteiger partial charge on any atom is -0.481 e. The second-order valence-electron chi connectivity index (χ2n) is 6.70. The average Bonchev–Trinajstić information content (AvgIpc) is 2.09. The van der Waals surface area contributed by atoms with E-state index < -0.39 is 29.1 Å². The van der Waals surface area contributed by atoms with Crippen LogP contribution >= 0.6 is 0 Å². The number of ether oxygens (including phenoxy) is 1. The predicted molar refractivity (Wildman–Crippen MR) is 71.9 cm³/mol. The van der Waals surface area contributed by atoms with E-state index in [9.17, 15) is 14.7 Å². The molecule has 1 aliphatic rings. The fourth-order valence-electron chi connectivity index (χ4n) is 2.74. The highest BCUT2D eigenvalue weighted by Gasteiger charge is 2.50. The summed E-state index contributed by atoms with van der Waals surface area (Å²) in [4.78, 5) is 23.3. The first-order valence-corrected chi connectivity index (χ1v) is 6.81. The lowest BCUT2D eigenvalue weighted by molar-refractivity contribution is -0.149. The van der Waals surface area contributed by atoms with E-state index in [1.165, 1.54) is 0 Å². The van der Waals surface area contributed by atoms with Gasteiger partial charge in [0.05, 0.1) is 11.5 Å². The van der Waals surface area contributed by atoms with Gasteiger partial charge >= 0.3 is 12.1 Å². The van der Waals surface area contributed by atoms with E-state index in [-0.39, 0.29) is 5.92 Å². The maximum absolute atomic E-state index is 11.9. The third-order valence-corrected chi connectivity index (χ3v) is 3.52. The van der Waals surface area contributed by atoms with E-state index in [0.29, 0.717) is 12.8 Å². The van der Waals surface area contributed by atoms with Crippen molar-refractivity contribution in [3.8, 4) is 0 Å². The van der Waals surface area contributed by atoms with Crippen LogP contribution in [0.2, 0.25) is 0 Å². The van der Waals surface area contributed by atoms with Gasteiger partial charge in [0.25, 0.3) is 0 Å². The summed E-state index contributed by atoms with van der Waals surface area (Å²) < 4.78 is 5.24. The van der Waals surface area contributed by atoms with Gasteiger partial charge in [-0.1, -0.05) is 13.8 Å². The third kappa shape index (κ3) is 3.85. The number of carbonyl (C=O) groups is 2. The summed E-state index contributed by atoms with van der Waals surface area (Å²) in [5.74, 6) is -1.47. The van der Waals surface area contributed by atoms with E-state index in [1.54, 1.807) is 20.8 Å². The Morgan fingerprint density at radius 1 is 1.26 bits per heavy atom. The number of carboxylic acids is 1. The fourth-order valence-corrected chi connectivity index (χ4v) is 2.74. The Bertz CT molecular complexity index is 353. The number of hydrogen-bond acceptors (Lipinski definition) is 3.